The van der Waals surface area contributed by atoms with E-state index < -0.39 is 0 Å². The second-order valence-corrected chi connectivity index (χ2v) is 6.47. The Balaban J connectivity index is 2.12. The van der Waals surface area contributed by atoms with Crippen LogP contribution in [0.4, 0.5) is 0 Å². The zero-order valence-corrected chi connectivity index (χ0v) is 12.8. The van der Waals surface area contributed by atoms with Gasteiger partial charge in [0.1, 0.15) is 0 Å². The van der Waals surface area contributed by atoms with Crippen molar-refractivity contribution in [2.24, 2.45) is 5.73 Å². The number of rotatable bonds is 4. The van der Waals surface area contributed by atoms with Gasteiger partial charge in [0.2, 0.25) is 0 Å². The van der Waals surface area contributed by atoms with Gasteiger partial charge in [-0.2, -0.15) is 0 Å². The summed E-state index contributed by atoms with van der Waals surface area (Å²) in [6.45, 7) is 6.74. The molecule has 0 aliphatic heterocycles. The largest absolute Gasteiger partial charge is 0.324 e. The van der Waals surface area contributed by atoms with E-state index in [4.69, 9.17) is 5.73 Å². The van der Waals surface area contributed by atoms with Crippen LogP contribution in [0.25, 0.3) is 0 Å². The van der Waals surface area contributed by atoms with Crippen molar-refractivity contribution < 1.29 is 0 Å². The molecule has 106 valence electrons. The first-order valence-corrected chi connectivity index (χ1v) is 7.37. The fraction of sp³-hybridized carbons (Fsp3) is 0.368. The molecule has 20 heavy (non-hydrogen) atoms. The molecular formula is C19H25N. The van der Waals surface area contributed by atoms with Gasteiger partial charge < -0.3 is 5.73 Å². The zero-order valence-electron chi connectivity index (χ0n) is 12.8. The highest BCUT2D eigenvalue weighted by Crippen LogP contribution is 2.30. The summed E-state index contributed by atoms with van der Waals surface area (Å²) in [5.74, 6) is 0. The van der Waals surface area contributed by atoms with Gasteiger partial charge in [0, 0.05) is 6.04 Å². The standard InChI is InChI=1S/C19H25N/c1-19(2,3)17-12-8-7-11-16(17)18(20)14-13-15-9-5-4-6-10-15/h4-12,18H,13-14,20H2,1-3H3. The molecule has 1 atom stereocenters. The van der Waals surface area contributed by atoms with Crippen molar-refractivity contribution in [3.8, 4) is 0 Å². The maximum atomic E-state index is 6.44. The lowest BCUT2D eigenvalue weighted by atomic mass is 9.81. The predicted molar refractivity (Wildman–Crippen MR) is 86.8 cm³/mol. The van der Waals surface area contributed by atoms with Crippen molar-refractivity contribution in [2.75, 3.05) is 0 Å². The third-order valence-electron chi connectivity index (χ3n) is 3.76. The fourth-order valence-electron chi connectivity index (χ4n) is 2.63. The third-order valence-corrected chi connectivity index (χ3v) is 3.76. The van der Waals surface area contributed by atoms with E-state index >= 15 is 0 Å². The van der Waals surface area contributed by atoms with Gasteiger partial charge in [-0.15, -0.1) is 0 Å². The SMILES string of the molecule is CC(C)(C)c1ccccc1C(N)CCc1ccccc1. The highest BCUT2D eigenvalue weighted by atomic mass is 14.6. The minimum Gasteiger partial charge on any atom is -0.324 e. The van der Waals surface area contributed by atoms with Crippen LogP contribution >= 0.6 is 0 Å². The molecule has 0 aliphatic carbocycles. The molecule has 0 spiro atoms. The maximum absolute atomic E-state index is 6.44. The van der Waals surface area contributed by atoms with Gasteiger partial charge in [0.15, 0.2) is 0 Å². The maximum Gasteiger partial charge on any atom is 0.0300 e. The van der Waals surface area contributed by atoms with Crippen LogP contribution < -0.4 is 5.73 Å². The van der Waals surface area contributed by atoms with Gasteiger partial charge in [0.05, 0.1) is 0 Å². The van der Waals surface area contributed by atoms with Gasteiger partial charge in [-0.05, 0) is 34.9 Å². The number of hydrogen-bond donors (Lipinski definition) is 1. The van der Waals surface area contributed by atoms with Crippen molar-refractivity contribution in [1.82, 2.24) is 0 Å². The molecule has 2 aromatic carbocycles. The van der Waals surface area contributed by atoms with Gasteiger partial charge >= 0.3 is 0 Å². The lowest BCUT2D eigenvalue weighted by Crippen LogP contribution is -2.20. The highest BCUT2D eigenvalue weighted by molar-refractivity contribution is 5.35. The first-order chi connectivity index (χ1) is 9.48. The lowest BCUT2D eigenvalue weighted by Gasteiger charge is -2.26. The summed E-state index contributed by atoms with van der Waals surface area (Å²) in [7, 11) is 0. The minimum atomic E-state index is 0.102. The molecule has 0 aliphatic rings. The van der Waals surface area contributed by atoms with Gasteiger partial charge in [-0.1, -0.05) is 75.4 Å². The van der Waals surface area contributed by atoms with E-state index in [0.29, 0.717) is 0 Å². The molecule has 0 fully saturated rings. The summed E-state index contributed by atoms with van der Waals surface area (Å²) in [6, 6.07) is 19.2. The van der Waals surface area contributed by atoms with Crippen molar-refractivity contribution in [2.45, 2.75) is 45.1 Å². The van der Waals surface area contributed by atoms with Crippen LogP contribution in [0.5, 0.6) is 0 Å². The number of nitrogens with two attached hydrogens (primary N) is 1. The normalized spacial score (nSPS) is 13.2. The quantitative estimate of drug-likeness (QED) is 0.859. The molecule has 0 aromatic heterocycles. The molecule has 1 unspecified atom stereocenters. The van der Waals surface area contributed by atoms with Crippen molar-refractivity contribution in [3.63, 3.8) is 0 Å². The molecule has 0 saturated carbocycles. The molecule has 0 heterocycles. The summed E-state index contributed by atoms with van der Waals surface area (Å²) in [6.07, 6.45) is 2.01. The van der Waals surface area contributed by atoms with E-state index in [1.165, 1.54) is 16.7 Å². The highest BCUT2D eigenvalue weighted by Gasteiger charge is 2.20. The van der Waals surface area contributed by atoms with E-state index in [1.807, 2.05) is 0 Å². The molecular weight excluding hydrogens is 242 g/mol. The van der Waals surface area contributed by atoms with Crippen LogP contribution in [-0.4, -0.2) is 0 Å². The van der Waals surface area contributed by atoms with Crippen LogP contribution in [0.2, 0.25) is 0 Å². The second-order valence-electron chi connectivity index (χ2n) is 6.47. The van der Waals surface area contributed by atoms with E-state index in [-0.39, 0.29) is 11.5 Å². The molecule has 0 radical (unpaired) electrons. The van der Waals surface area contributed by atoms with Gasteiger partial charge in [0.25, 0.3) is 0 Å². The average molecular weight is 267 g/mol. The van der Waals surface area contributed by atoms with Crippen LogP contribution in [-0.2, 0) is 11.8 Å². The Morgan fingerprint density at radius 1 is 0.900 bits per heavy atom. The Morgan fingerprint density at radius 3 is 2.15 bits per heavy atom. The number of benzene rings is 2. The molecule has 1 nitrogen and oxygen atoms in total. The Hall–Kier alpha value is -1.60. The van der Waals surface area contributed by atoms with E-state index in [2.05, 4.69) is 75.4 Å². The van der Waals surface area contributed by atoms with E-state index in [9.17, 15) is 0 Å². The average Bonchev–Trinajstić information content (AvgIpc) is 2.45. The Morgan fingerprint density at radius 2 is 1.50 bits per heavy atom. The lowest BCUT2D eigenvalue weighted by molar-refractivity contribution is 0.560. The smallest absolute Gasteiger partial charge is 0.0300 e. The molecule has 2 N–H and O–H groups in total. The van der Waals surface area contributed by atoms with Gasteiger partial charge in [-0.3, -0.25) is 0 Å². The van der Waals surface area contributed by atoms with E-state index in [0.717, 1.165) is 12.8 Å². The molecule has 2 aromatic rings. The van der Waals surface area contributed by atoms with Gasteiger partial charge in [-0.25, -0.2) is 0 Å². The molecule has 2 rings (SSSR count). The van der Waals surface area contributed by atoms with Crippen LogP contribution in [0.1, 0.15) is 49.9 Å². The van der Waals surface area contributed by atoms with Crippen LogP contribution in [0.3, 0.4) is 0 Å². The fourth-order valence-corrected chi connectivity index (χ4v) is 2.63. The van der Waals surface area contributed by atoms with E-state index in [1.54, 1.807) is 0 Å². The summed E-state index contributed by atoms with van der Waals surface area (Å²) in [5, 5.41) is 0. The molecule has 0 amide bonds. The van der Waals surface area contributed by atoms with Crippen molar-refractivity contribution in [1.29, 1.82) is 0 Å². The van der Waals surface area contributed by atoms with Crippen molar-refractivity contribution >= 4 is 0 Å². The summed E-state index contributed by atoms with van der Waals surface area (Å²) in [4.78, 5) is 0. The topological polar surface area (TPSA) is 26.0 Å². The summed E-state index contributed by atoms with van der Waals surface area (Å²) in [5.41, 5.74) is 10.6. The second kappa shape index (κ2) is 6.23. The van der Waals surface area contributed by atoms with Crippen LogP contribution in [0.15, 0.2) is 54.6 Å². The monoisotopic (exact) mass is 267 g/mol. The number of hydrogen-bond acceptors (Lipinski definition) is 1. The first kappa shape index (κ1) is 14.8. The Kier molecular flexibility index (Phi) is 4.61. The van der Waals surface area contributed by atoms with Crippen LogP contribution in [0, 0.1) is 0 Å². The Labute approximate surface area is 122 Å². The number of aryl methyl sites for hydroxylation is 1. The minimum absolute atomic E-state index is 0.102. The third kappa shape index (κ3) is 3.71. The predicted octanol–water partition coefficient (Wildman–Crippen LogP) is 4.62. The van der Waals surface area contributed by atoms with Crippen molar-refractivity contribution in [3.05, 3.63) is 71.3 Å². The molecule has 1 heteroatoms. The summed E-state index contributed by atoms with van der Waals surface area (Å²) < 4.78 is 0. The molecule has 0 bridgehead atoms. The first-order valence-electron chi connectivity index (χ1n) is 7.37. The zero-order chi connectivity index (χ0) is 14.6. The Bertz CT molecular complexity index is 537. The molecule has 0 saturated heterocycles. The summed E-state index contributed by atoms with van der Waals surface area (Å²) >= 11 is 0.